The predicted molar refractivity (Wildman–Crippen MR) is 150 cm³/mol. The van der Waals surface area contributed by atoms with Crippen molar-refractivity contribution in [3.05, 3.63) is 11.1 Å². The van der Waals surface area contributed by atoms with Crippen molar-refractivity contribution in [3.8, 4) is 0 Å². The summed E-state index contributed by atoms with van der Waals surface area (Å²) in [6.45, 7) is 14.4. The number of Topliss-reactive ketones (excluding diaryl/α,β-unsaturated/α-hetero) is 1. The van der Waals surface area contributed by atoms with E-state index in [1.807, 2.05) is 60.5 Å². The highest BCUT2D eigenvalue weighted by Crippen LogP contribution is 2.66. The first-order chi connectivity index (χ1) is 18.8. The summed E-state index contributed by atoms with van der Waals surface area (Å²) in [6.07, 6.45) is -3.25. The molecule has 3 fully saturated rings. The van der Waals surface area contributed by atoms with E-state index in [0.29, 0.717) is 17.6 Å². The van der Waals surface area contributed by atoms with E-state index < -0.39 is 70.2 Å². The Morgan fingerprint density at radius 1 is 1.17 bits per heavy atom. The molecule has 0 aromatic carbocycles. The number of ether oxygens (including phenoxy) is 4. The molecule has 41 heavy (non-hydrogen) atoms. The number of rotatable bonds is 6. The molecule has 3 aliphatic carbocycles. The van der Waals surface area contributed by atoms with Crippen LogP contribution in [0.5, 0.6) is 0 Å². The molecule has 0 spiro atoms. The molecule has 1 aliphatic heterocycles. The molecule has 0 amide bonds. The number of hydrogen-bond acceptors (Lipinski definition) is 10. The van der Waals surface area contributed by atoms with E-state index in [9.17, 15) is 24.6 Å². The van der Waals surface area contributed by atoms with Crippen LogP contribution in [0.2, 0.25) is 0 Å². The summed E-state index contributed by atoms with van der Waals surface area (Å²) < 4.78 is 23.5. The third kappa shape index (κ3) is 4.34. The van der Waals surface area contributed by atoms with Crippen LogP contribution < -0.4 is 0 Å². The largest absolute Gasteiger partial charge is 0.456 e. The fraction of sp³-hybridized carbons (Fsp3) is 0.839. The molecule has 2 N–H and O–H groups in total. The van der Waals surface area contributed by atoms with Crippen LogP contribution in [0.25, 0.3) is 0 Å². The molecule has 1 heterocycles. The zero-order chi connectivity index (χ0) is 31.0. The van der Waals surface area contributed by atoms with Gasteiger partial charge in [-0.15, -0.1) is 0 Å². The number of aliphatic hydroxyl groups excluding tert-OH is 1. The summed E-state index contributed by atoms with van der Waals surface area (Å²) in [7, 11) is 5.12. The summed E-state index contributed by atoms with van der Waals surface area (Å²) in [6, 6.07) is -0.288. The Morgan fingerprint density at radius 2 is 1.78 bits per heavy atom. The van der Waals surface area contributed by atoms with Gasteiger partial charge in [0.25, 0.3) is 0 Å². The highest BCUT2D eigenvalue weighted by atomic mass is 16.6. The molecule has 2 saturated carbocycles. The maximum atomic E-state index is 14.5. The molecule has 10 nitrogen and oxygen atoms in total. The number of esters is 2. The zero-order valence-electron chi connectivity index (χ0n) is 26.4. The maximum Gasteiger partial charge on any atom is 0.337 e. The minimum Gasteiger partial charge on any atom is -0.456 e. The molecule has 10 heteroatoms. The van der Waals surface area contributed by atoms with Crippen LogP contribution in [0, 0.1) is 28.6 Å². The van der Waals surface area contributed by atoms with Crippen LogP contribution in [-0.2, 0) is 33.3 Å². The molecule has 8 unspecified atom stereocenters. The van der Waals surface area contributed by atoms with Gasteiger partial charge in [-0.05, 0) is 57.3 Å². The summed E-state index contributed by atoms with van der Waals surface area (Å²) in [5.74, 6) is -2.96. The molecule has 0 aromatic heterocycles. The van der Waals surface area contributed by atoms with Crippen LogP contribution in [0.3, 0.4) is 0 Å². The van der Waals surface area contributed by atoms with E-state index in [2.05, 4.69) is 0 Å². The molecule has 4 rings (SSSR count). The number of nitrogens with zero attached hydrogens (tertiary/aromatic N) is 1. The topological polar surface area (TPSA) is 132 Å². The third-order valence-corrected chi connectivity index (χ3v) is 11.6. The van der Waals surface area contributed by atoms with Crippen LogP contribution in [0.15, 0.2) is 11.1 Å². The monoisotopic (exact) mass is 579 g/mol. The molecule has 4 aliphatic rings. The third-order valence-electron chi connectivity index (χ3n) is 11.6. The highest BCUT2D eigenvalue weighted by Gasteiger charge is 2.75. The molecule has 232 valence electrons. The Morgan fingerprint density at radius 3 is 2.27 bits per heavy atom. The van der Waals surface area contributed by atoms with E-state index in [1.54, 1.807) is 6.92 Å². The number of hydrogen-bond donors (Lipinski definition) is 2. The number of fused-ring (bicyclic) bond motifs is 5. The Kier molecular flexibility index (Phi) is 8.14. The Labute approximate surface area is 243 Å². The molecular weight excluding hydrogens is 530 g/mol. The molecule has 11 atom stereocenters. The Bertz CT molecular complexity index is 1130. The van der Waals surface area contributed by atoms with Crippen molar-refractivity contribution in [3.63, 3.8) is 0 Å². The summed E-state index contributed by atoms with van der Waals surface area (Å²) in [4.78, 5) is 42.2. The normalized spacial score (nSPS) is 43.1. The lowest BCUT2D eigenvalue weighted by molar-refractivity contribution is -0.332. The molecule has 2 bridgehead atoms. The van der Waals surface area contributed by atoms with Gasteiger partial charge < -0.3 is 34.1 Å². The fourth-order valence-corrected chi connectivity index (χ4v) is 8.77. The number of likely N-dealkylation sites (N-methyl/N-ethyl adjacent to an activating group) is 1. The Balaban J connectivity index is 1.89. The van der Waals surface area contributed by atoms with Gasteiger partial charge in [-0.1, -0.05) is 34.6 Å². The first-order valence-electron chi connectivity index (χ1n) is 14.7. The van der Waals surface area contributed by atoms with Gasteiger partial charge in [0.15, 0.2) is 17.5 Å². The van der Waals surface area contributed by atoms with Gasteiger partial charge in [-0.2, -0.15) is 0 Å². The predicted octanol–water partition coefficient (Wildman–Crippen LogP) is 2.28. The molecule has 0 radical (unpaired) electrons. The van der Waals surface area contributed by atoms with E-state index in [4.69, 9.17) is 18.9 Å². The van der Waals surface area contributed by atoms with Crippen LogP contribution >= 0.6 is 0 Å². The van der Waals surface area contributed by atoms with Crippen LogP contribution in [0.4, 0.5) is 0 Å². The van der Waals surface area contributed by atoms with E-state index in [0.717, 1.165) is 0 Å². The number of ketones is 1. The second-order valence-corrected chi connectivity index (χ2v) is 13.9. The first kappa shape index (κ1) is 32.1. The van der Waals surface area contributed by atoms with Gasteiger partial charge in [0.2, 0.25) is 0 Å². The summed E-state index contributed by atoms with van der Waals surface area (Å²) >= 11 is 0. The lowest BCUT2D eigenvalue weighted by Crippen LogP contribution is -2.78. The second kappa shape index (κ2) is 10.4. The van der Waals surface area contributed by atoms with Crippen molar-refractivity contribution < 1.29 is 43.5 Å². The van der Waals surface area contributed by atoms with Crippen LogP contribution in [-0.4, -0.2) is 102 Å². The first-order valence-corrected chi connectivity index (χ1v) is 14.7. The fourth-order valence-electron chi connectivity index (χ4n) is 8.77. The van der Waals surface area contributed by atoms with Crippen molar-refractivity contribution in [2.24, 2.45) is 28.6 Å². The lowest BCUT2D eigenvalue weighted by atomic mass is 9.41. The maximum absolute atomic E-state index is 14.5. The summed E-state index contributed by atoms with van der Waals surface area (Å²) in [5.41, 5.74) is -3.97. The van der Waals surface area contributed by atoms with Crippen molar-refractivity contribution in [2.45, 2.75) is 110 Å². The molecular formula is C31H49NO9. The van der Waals surface area contributed by atoms with Gasteiger partial charge in [0.1, 0.15) is 18.3 Å². The second-order valence-electron chi connectivity index (χ2n) is 13.9. The van der Waals surface area contributed by atoms with E-state index in [-0.39, 0.29) is 30.8 Å². The van der Waals surface area contributed by atoms with Crippen molar-refractivity contribution in [2.75, 3.05) is 27.8 Å². The molecule has 1 saturated heterocycles. The number of carbonyl (C=O) groups excluding carboxylic acids is 3. The SMILES string of the molecule is COC(C(=O)OC1CC2(O)[C@@H](C)C3C4(OC(C)=O)COC4C[C@H](C)[C@@]3(C)C(=O)C(O)C(=C1C)C2(C)C)C(C)N(C)C. The number of aliphatic hydroxyl groups is 2. The zero-order valence-corrected chi connectivity index (χ0v) is 26.4. The van der Waals surface area contributed by atoms with E-state index >= 15 is 0 Å². The average Bonchev–Trinajstić information content (AvgIpc) is 2.87. The Hall–Kier alpha value is -1.85. The quantitative estimate of drug-likeness (QED) is 0.357. The number of carbonyl (C=O) groups is 3. The van der Waals surface area contributed by atoms with Gasteiger partial charge in [-0.3, -0.25) is 9.59 Å². The van der Waals surface area contributed by atoms with Gasteiger partial charge in [0.05, 0.1) is 12.2 Å². The number of methoxy groups -OCH3 is 1. The van der Waals surface area contributed by atoms with E-state index in [1.165, 1.54) is 14.0 Å². The average molecular weight is 580 g/mol. The van der Waals surface area contributed by atoms with Crippen molar-refractivity contribution in [1.29, 1.82) is 0 Å². The lowest BCUT2D eigenvalue weighted by Gasteiger charge is -2.68. The minimum atomic E-state index is -1.56. The smallest absolute Gasteiger partial charge is 0.337 e. The molecule has 0 aromatic rings. The minimum absolute atomic E-state index is 0.0402. The van der Waals surface area contributed by atoms with Gasteiger partial charge >= 0.3 is 11.9 Å². The summed E-state index contributed by atoms with van der Waals surface area (Å²) in [5, 5.41) is 24.7. The standard InChI is InChI=1S/C31H49NO9/c1-15-12-21-30(14-39-21,41-19(5)33)25-17(3)31(37)13-20(40-27(36)24(38-11)18(4)32(9)10)16(2)22(28(31,6)7)23(34)26(35)29(15,25)8/h15,17-18,20-21,23-25,34,37H,12-14H2,1-11H3/t15-,17-,18?,20?,21?,23?,24?,25?,29+,30?,31?/m0/s1. The van der Waals surface area contributed by atoms with Crippen LogP contribution in [0.1, 0.15) is 68.2 Å². The van der Waals surface area contributed by atoms with Crippen molar-refractivity contribution in [1.82, 2.24) is 4.90 Å². The van der Waals surface area contributed by atoms with Gasteiger partial charge in [-0.25, -0.2) is 4.79 Å². The van der Waals surface area contributed by atoms with Gasteiger partial charge in [0, 0.05) is 43.2 Å². The highest BCUT2D eigenvalue weighted by molar-refractivity contribution is 5.93. The van der Waals surface area contributed by atoms with Crippen molar-refractivity contribution >= 4 is 17.7 Å².